The molecule has 0 aliphatic rings. The van der Waals surface area contributed by atoms with Crippen molar-refractivity contribution >= 4 is 13.1 Å². The molecule has 0 aliphatic heterocycles. The van der Waals surface area contributed by atoms with Crippen molar-refractivity contribution in [2.24, 2.45) is 10.1 Å². The third kappa shape index (κ3) is 4.66. The van der Waals surface area contributed by atoms with Crippen molar-refractivity contribution in [1.29, 1.82) is 10.5 Å². The third-order valence-electron chi connectivity index (χ3n) is 3.74. The number of hydrogen-bond acceptors (Lipinski definition) is 4. The Morgan fingerprint density at radius 1 is 1.09 bits per heavy atom. The molecule has 0 amide bonds. The van der Waals surface area contributed by atoms with Crippen LogP contribution in [0.4, 0.5) is 0 Å². The Bertz CT molecular complexity index is 642. The quantitative estimate of drug-likeness (QED) is 0.459. The molecule has 0 aromatic heterocycles. The summed E-state index contributed by atoms with van der Waals surface area (Å²) in [5.41, 5.74) is 1.54. The molecule has 0 bridgehead atoms. The van der Waals surface area contributed by atoms with Gasteiger partial charge >= 0.3 is 0 Å². The Kier molecular flexibility index (Phi) is 5.65. The van der Waals surface area contributed by atoms with Crippen molar-refractivity contribution in [2.45, 2.75) is 45.1 Å². The second-order valence-corrected chi connectivity index (χ2v) is 6.62. The van der Waals surface area contributed by atoms with E-state index >= 15 is 0 Å². The first-order valence-corrected chi connectivity index (χ1v) is 7.33. The molecule has 1 aromatic rings. The monoisotopic (exact) mass is 309 g/mol. The SMILES string of the molecule is C=N/C=N\N(C)Cc1cc(C(C)(C)C#N)cc(C(C)(C)C#N)c1. The van der Waals surface area contributed by atoms with E-state index in [1.807, 2.05) is 52.9 Å². The fraction of sp³-hybridized carbons (Fsp3) is 0.444. The van der Waals surface area contributed by atoms with E-state index in [1.54, 1.807) is 5.01 Å². The van der Waals surface area contributed by atoms with Crippen LogP contribution in [-0.4, -0.2) is 25.1 Å². The van der Waals surface area contributed by atoms with Crippen LogP contribution in [0.3, 0.4) is 0 Å². The summed E-state index contributed by atoms with van der Waals surface area (Å²) in [6.45, 7) is 11.4. The van der Waals surface area contributed by atoms with Crippen LogP contribution >= 0.6 is 0 Å². The molecular weight excluding hydrogens is 286 g/mol. The topological polar surface area (TPSA) is 75.5 Å². The third-order valence-corrected chi connectivity index (χ3v) is 3.74. The van der Waals surface area contributed by atoms with Crippen molar-refractivity contribution in [3.8, 4) is 12.1 Å². The molecule has 0 radical (unpaired) electrons. The van der Waals surface area contributed by atoms with E-state index in [2.05, 4.69) is 28.9 Å². The lowest BCUT2D eigenvalue weighted by Gasteiger charge is -2.24. The van der Waals surface area contributed by atoms with E-state index in [9.17, 15) is 10.5 Å². The summed E-state index contributed by atoms with van der Waals surface area (Å²) < 4.78 is 0. The van der Waals surface area contributed by atoms with Crippen molar-refractivity contribution < 1.29 is 0 Å². The maximum Gasteiger partial charge on any atom is 0.134 e. The lowest BCUT2D eigenvalue weighted by atomic mass is 9.79. The van der Waals surface area contributed by atoms with Crippen LogP contribution in [0.15, 0.2) is 28.3 Å². The van der Waals surface area contributed by atoms with Gasteiger partial charge in [-0.15, -0.1) is 0 Å². The number of nitriles is 2. The minimum atomic E-state index is -0.624. The first-order chi connectivity index (χ1) is 10.7. The van der Waals surface area contributed by atoms with Crippen LogP contribution < -0.4 is 0 Å². The van der Waals surface area contributed by atoms with Gasteiger partial charge in [-0.05, 0) is 51.1 Å². The molecule has 0 spiro atoms. The Hall–Kier alpha value is -2.66. The molecule has 5 heteroatoms. The van der Waals surface area contributed by atoms with Gasteiger partial charge in [-0.25, -0.2) is 0 Å². The second kappa shape index (κ2) is 7.07. The van der Waals surface area contributed by atoms with Gasteiger partial charge in [0.2, 0.25) is 0 Å². The molecule has 0 fully saturated rings. The smallest absolute Gasteiger partial charge is 0.134 e. The fourth-order valence-electron chi connectivity index (χ4n) is 2.06. The van der Waals surface area contributed by atoms with Crippen LogP contribution in [-0.2, 0) is 17.4 Å². The summed E-state index contributed by atoms with van der Waals surface area (Å²) in [4.78, 5) is 3.59. The van der Waals surface area contributed by atoms with Gasteiger partial charge in [0.25, 0.3) is 0 Å². The Balaban J connectivity index is 3.36. The highest BCUT2D eigenvalue weighted by molar-refractivity contribution is 5.61. The number of nitrogens with zero attached hydrogens (tertiary/aromatic N) is 5. The van der Waals surface area contributed by atoms with Gasteiger partial charge in [0.05, 0.1) is 29.5 Å². The summed E-state index contributed by atoms with van der Waals surface area (Å²) in [7, 11) is 1.83. The number of hydrazone groups is 1. The molecular formula is C18H23N5. The van der Waals surface area contributed by atoms with Crippen molar-refractivity contribution in [3.63, 3.8) is 0 Å². The van der Waals surface area contributed by atoms with E-state index in [0.29, 0.717) is 6.54 Å². The van der Waals surface area contributed by atoms with Gasteiger partial charge < -0.3 is 0 Å². The van der Waals surface area contributed by atoms with Crippen molar-refractivity contribution in [2.75, 3.05) is 7.05 Å². The maximum absolute atomic E-state index is 9.42. The van der Waals surface area contributed by atoms with Gasteiger partial charge in [-0.3, -0.25) is 10.0 Å². The average molecular weight is 309 g/mol. The van der Waals surface area contributed by atoms with Gasteiger partial charge in [-0.1, -0.05) is 18.2 Å². The molecule has 5 nitrogen and oxygen atoms in total. The summed E-state index contributed by atoms with van der Waals surface area (Å²) in [6.07, 6.45) is 1.38. The molecule has 0 heterocycles. The van der Waals surface area contributed by atoms with Crippen molar-refractivity contribution in [3.05, 3.63) is 34.9 Å². The van der Waals surface area contributed by atoms with Crippen LogP contribution in [0.2, 0.25) is 0 Å². The Morgan fingerprint density at radius 3 is 1.96 bits per heavy atom. The summed E-state index contributed by atoms with van der Waals surface area (Å²) in [5, 5.41) is 24.7. The standard InChI is InChI=1S/C18H23N5/c1-17(2,11-19)15-7-14(10-23(6)22-13-21-5)8-16(9-15)18(3,4)12-20/h7-9,13H,5,10H2,1-4,6H3/b22-13-. The number of benzene rings is 1. The van der Waals surface area contributed by atoms with E-state index in [-0.39, 0.29) is 0 Å². The fourth-order valence-corrected chi connectivity index (χ4v) is 2.06. The van der Waals surface area contributed by atoms with E-state index in [4.69, 9.17) is 0 Å². The molecule has 0 saturated heterocycles. The second-order valence-electron chi connectivity index (χ2n) is 6.62. The lowest BCUT2D eigenvalue weighted by Crippen LogP contribution is -2.20. The molecule has 0 unspecified atom stereocenters. The average Bonchev–Trinajstić information content (AvgIpc) is 2.52. The predicted octanol–water partition coefficient (Wildman–Crippen LogP) is 3.36. The highest BCUT2D eigenvalue weighted by Crippen LogP contribution is 2.30. The minimum Gasteiger partial charge on any atom is -0.294 e. The molecule has 0 atom stereocenters. The number of rotatable bonds is 6. The zero-order chi connectivity index (χ0) is 17.7. The first-order valence-electron chi connectivity index (χ1n) is 7.33. The summed E-state index contributed by atoms with van der Waals surface area (Å²) in [5.74, 6) is 0. The highest BCUT2D eigenvalue weighted by Gasteiger charge is 2.26. The normalized spacial score (nSPS) is 11.8. The Morgan fingerprint density at radius 2 is 1.57 bits per heavy atom. The van der Waals surface area contributed by atoms with E-state index < -0.39 is 10.8 Å². The summed E-state index contributed by atoms with van der Waals surface area (Å²) >= 11 is 0. The van der Waals surface area contributed by atoms with Crippen LogP contribution in [0.1, 0.15) is 44.4 Å². The zero-order valence-electron chi connectivity index (χ0n) is 14.5. The summed E-state index contributed by atoms with van der Waals surface area (Å²) in [6, 6.07) is 10.6. The zero-order valence-corrected chi connectivity index (χ0v) is 14.5. The predicted molar refractivity (Wildman–Crippen MR) is 93.2 cm³/mol. The minimum absolute atomic E-state index is 0.551. The molecule has 0 saturated carbocycles. The van der Waals surface area contributed by atoms with Gasteiger partial charge in [0, 0.05) is 7.05 Å². The van der Waals surface area contributed by atoms with E-state index in [1.165, 1.54) is 6.34 Å². The highest BCUT2D eigenvalue weighted by atomic mass is 15.4. The number of hydrogen-bond donors (Lipinski definition) is 0. The number of aliphatic imine (C=N–C) groups is 1. The molecule has 120 valence electrons. The Labute approximate surface area is 138 Å². The van der Waals surface area contributed by atoms with Crippen LogP contribution in [0.5, 0.6) is 0 Å². The lowest BCUT2D eigenvalue weighted by molar-refractivity contribution is 0.348. The van der Waals surface area contributed by atoms with Crippen molar-refractivity contribution in [1.82, 2.24) is 5.01 Å². The maximum atomic E-state index is 9.42. The van der Waals surface area contributed by atoms with Gasteiger partial charge in [0.1, 0.15) is 6.34 Å². The van der Waals surface area contributed by atoms with Gasteiger partial charge in [0.15, 0.2) is 0 Å². The van der Waals surface area contributed by atoms with Crippen LogP contribution in [0.25, 0.3) is 0 Å². The largest absolute Gasteiger partial charge is 0.294 e. The molecule has 0 N–H and O–H groups in total. The van der Waals surface area contributed by atoms with E-state index in [0.717, 1.165) is 16.7 Å². The molecule has 1 aromatic carbocycles. The first kappa shape index (κ1) is 18.4. The molecule has 1 rings (SSSR count). The van der Waals surface area contributed by atoms with Crippen LogP contribution in [0, 0.1) is 22.7 Å². The van der Waals surface area contributed by atoms with Gasteiger partial charge in [-0.2, -0.15) is 15.6 Å². The molecule has 23 heavy (non-hydrogen) atoms. The molecule has 0 aliphatic carbocycles.